The first-order valence-corrected chi connectivity index (χ1v) is 9.46. The zero-order valence-electron chi connectivity index (χ0n) is 17.0. The number of likely N-dealkylation sites (tertiary alicyclic amines) is 1. The fraction of sp³-hybridized carbons (Fsp3) is 0.571. The number of rotatable bonds is 7. The van der Waals surface area contributed by atoms with E-state index < -0.39 is 0 Å². The maximum atomic E-state index is 5.99. The Balaban J connectivity index is 1.77. The van der Waals surface area contributed by atoms with E-state index in [0.717, 1.165) is 60.3 Å². The molecule has 2 heterocycles. The largest absolute Gasteiger partial charge is 0.496 e. The summed E-state index contributed by atoms with van der Waals surface area (Å²) in [6.07, 6.45) is 2.34. The molecule has 1 aromatic carbocycles. The van der Waals surface area contributed by atoms with Gasteiger partial charge in [0.1, 0.15) is 17.3 Å². The third-order valence-corrected chi connectivity index (χ3v) is 5.39. The summed E-state index contributed by atoms with van der Waals surface area (Å²) in [6.45, 7) is 7.76. The van der Waals surface area contributed by atoms with Crippen LogP contribution in [0.2, 0.25) is 0 Å². The van der Waals surface area contributed by atoms with Gasteiger partial charge in [-0.15, -0.1) is 0 Å². The van der Waals surface area contributed by atoms with Crippen molar-refractivity contribution < 1.29 is 18.6 Å². The molecule has 0 saturated carbocycles. The lowest BCUT2D eigenvalue weighted by molar-refractivity contribution is 0.0962. The number of benzene rings is 1. The number of hydrogen-bond acceptors (Lipinski definition) is 6. The summed E-state index contributed by atoms with van der Waals surface area (Å²) in [7, 11) is 5.10. The van der Waals surface area contributed by atoms with Crippen molar-refractivity contribution in [1.29, 1.82) is 0 Å². The van der Waals surface area contributed by atoms with E-state index in [1.54, 1.807) is 21.3 Å². The monoisotopic (exact) mass is 374 g/mol. The van der Waals surface area contributed by atoms with Crippen LogP contribution in [0.3, 0.4) is 0 Å². The van der Waals surface area contributed by atoms with Crippen LogP contribution in [0, 0.1) is 19.8 Å². The Bertz CT molecular complexity index is 764. The zero-order chi connectivity index (χ0) is 19.4. The number of nitrogens with zero attached hydrogens (tertiary/aromatic N) is 2. The van der Waals surface area contributed by atoms with E-state index in [1.165, 1.54) is 12.8 Å². The summed E-state index contributed by atoms with van der Waals surface area (Å²) in [5.74, 6) is 3.66. The minimum Gasteiger partial charge on any atom is -0.496 e. The topological polar surface area (TPSA) is 57.0 Å². The molecule has 3 rings (SSSR count). The second kappa shape index (κ2) is 8.76. The first-order valence-electron chi connectivity index (χ1n) is 9.46. The molecule has 2 aromatic rings. The van der Waals surface area contributed by atoms with E-state index in [2.05, 4.69) is 4.90 Å². The van der Waals surface area contributed by atoms with Gasteiger partial charge in [0.15, 0.2) is 0 Å². The van der Waals surface area contributed by atoms with Gasteiger partial charge in [-0.1, -0.05) is 0 Å². The van der Waals surface area contributed by atoms with Crippen molar-refractivity contribution in [2.45, 2.75) is 33.2 Å². The van der Waals surface area contributed by atoms with Gasteiger partial charge in [-0.3, -0.25) is 4.90 Å². The fourth-order valence-corrected chi connectivity index (χ4v) is 3.77. The van der Waals surface area contributed by atoms with Gasteiger partial charge in [-0.25, -0.2) is 4.98 Å². The highest BCUT2D eigenvalue weighted by molar-refractivity contribution is 5.68. The van der Waals surface area contributed by atoms with E-state index in [0.29, 0.717) is 11.8 Å². The highest BCUT2D eigenvalue weighted by Gasteiger charge is 2.23. The molecule has 0 aliphatic carbocycles. The van der Waals surface area contributed by atoms with Crippen molar-refractivity contribution in [3.63, 3.8) is 0 Å². The Morgan fingerprint density at radius 1 is 1.11 bits per heavy atom. The van der Waals surface area contributed by atoms with Crippen molar-refractivity contribution in [2.75, 3.05) is 41.0 Å². The van der Waals surface area contributed by atoms with Crippen LogP contribution in [-0.4, -0.2) is 50.9 Å². The van der Waals surface area contributed by atoms with Gasteiger partial charge in [-0.05, 0) is 57.8 Å². The molecule has 0 bridgehead atoms. The van der Waals surface area contributed by atoms with Crippen LogP contribution in [-0.2, 0) is 11.3 Å². The van der Waals surface area contributed by atoms with Crippen LogP contribution >= 0.6 is 0 Å². The minimum atomic E-state index is 0.597. The lowest BCUT2D eigenvalue weighted by Gasteiger charge is -2.31. The highest BCUT2D eigenvalue weighted by atomic mass is 16.5. The van der Waals surface area contributed by atoms with Crippen molar-refractivity contribution in [3.8, 4) is 23.0 Å². The Labute approximate surface area is 161 Å². The lowest BCUT2D eigenvalue weighted by atomic mass is 9.98. The zero-order valence-corrected chi connectivity index (χ0v) is 17.0. The SMILES string of the molecule is COCC1CCN(Cc2nc(-c3ccc(OC)c(C)c3OC)oc2C)CC1. The number of methoxy groups -OCH3 is 3. The number of ether oxygens (including phenoxy) is 3. The lowest BCUT2D eigenvalue weighted by Crippen LogP contribution is -2.34. The van der Waals surface area contributed by atoms with Crippen LogP contribution in [0.4, 0.5) is 0 Å². The van der Waals surface area contributed by atoms with Crippen LogP contribution in [0.25, 0.3) is 11.5 Å². The van der Waals surface area contributed by atoms with Gasteiger partial charge in [0.05, 0.1) is 25.5 Å². The van der Waals surface area contributed by atoms with Gasteiger partial charge in [0.25, 0.3) is 0 Å². The molecular weight excluding hydrogens is 344 g/mol. The fourth-order valence-electron chi connectivity index (χ4n) is 3.77. The Morgan fingerprint density at radius 2 is 1.85 bits per heavy atom. The average Bonchev–Trinajstić information content (AvgIpc) is 3.03. The number of hydrogen-bond donors (Lipinski definition) is 0. The number of piperidine rings is 1. The quantitative estimate of drug-likeness (QED) is 0.734. The van der Waals surface area contributed by atoms with Gasteiger partial charge in [0.2, 0.25) is 5.89 Å². The molecule has 1 aliphatic rings. The minimum absolute atomic E-state index is 0.597. The number of oxazole rings is 1. The van der Waals surface area contributed by atoms with Crippen molar-refractivity contribution in [1.82, 2.24) is 9.88 Å². The Hall–Kier alpha value is -2.05. The molecule has 27 heavy (non-hydrogen) atoms. The van der Waals surface area contributed by atoms with Gasteiger partial charge >= 0.3 is 0 Å². The predicted molar refractivity (Wildman–Crippen MR) is 104 cm³/mol. The summed E-state index contributed by atoms with van der Waals surface area (Å²) >= 11 is 0. The van der Waals surface area contributed by atoms with E-state index in [9.17, 15) is 0 Å². The summed E-state index contributed by atoms with van der Waals surface area (Å²) in [5, 5.41) is 0. The first kappa shape index (κ1) is 19.7. The van der Waals surface area contributed by atoms with Gasteiger partial charge in [-0.2, -0.15) is 0 Å². The third kappa shape index (κ3) is 4.28. The van der Waals surface area contributed by atoms with Crippen LogP contribution < -0.4 is 9.47 Å². The van der Waals surface area contributed by atoms with E-state index in [-0.39, 0.29) is 0 Å². The second-order valence-electron chi connectivity index (χ2n) is 7.17. The second-order valence-corrected chi connectivity index (χ2v) is 7.17. The Kier molecular flexibility index (Phi) is 6.39. The Morgan fingerprint density at radius 3 is 2.48 bits per heavy atom. The van der Waals surface area contributed by atoms with E-state index in [1.807, 2.05) is 26.0 Å². The van der Waals surface area contributed by atoms with E-state index in [4.69, 9.17) is 23.6 Å². The molecule has 6 heteroatoms. The predicted octanol–water partition coefficient (Wildman–Crippen LogP) is 3.83. The first-order chi connectivity index (χ1) is 13.1. The molecule has 0 spiro atoms. The molecule has 148 valence electrons. The van der Waals surface area contributed by atoms with Crippen LogP contribution in [0.15, 0.2) is 16.5 Å². The summed E-state index contributed by atoms with van der Waals surface area (Å²) in [5.41, 5.74) is 2.78. The van der Waals surface area contributed by atoms with Crippen molar-refractivity contribution in [3.05, 3.63) is 29.2 Å². The molecule has 0 unspecified atom stereocenters. The average molecular weight is 374 g/mol. The third-order valence-electron chi connectivity index (χ3n) is 5.39. The van der Waals surface area contributed by atoms with Crippen LogP contribution in [0.1, 0.15) is 29.9 Å². The summed E-state index contributed by atoms with van der Waals surface area (Å²) in [4.78, 5) is 7.22. The molecule has 1 aromatic heterocycles. The normalized spacial score (nSPS) is 15.9. The maximum absolute atomic E-state index is 5.99. The summed E-state index contributed by atoms with van der Waals surface area (Å²) in [6, 6.07) is 3.86. The summed E-state index contributed by atoms with van der Waals surface area (Å²) < 4.78 is 22.3. The van der Waals surface area contributed by atoms with Crippen LogP contribution in [0.5, 0.6) is 11.5 Å². The number of aromatic nitrogens is 1. The molecule has 0 atom stereocenters. The van der Waals surface area contributed by atoms with Crippen molar-refractivity contribution in [2.24, 2.45) is 5.92 Å². The molecule has 0 radical (unpaired) electrons. The van der Waals surface area contributed by atoms with Gasteiger partial charge < -0.3 is 18.6 Å². The standard InChI is InChI=1S/C21H30N2O4/c1-14-19(25-4)7-6-17(20(14)26-5)21-22-18(15(2)27-21)12-23-10-8-16(9-11-23)13-24-3/h6-7,16H,8-13H2,1-5H3. The van der Waals surface area contributed by atoms with E-state index >= 15 is 0 Å². The molecule has 1 fully saturated rings. The van der Waals surface area contributed by atoms with Gasteiger partial charge in [0, 0.05) is 25.8 Å². The molecule has 1 saturated heterocycles. The number of aryl methyl sites for hydroxylation is 1. The maximum Gasteiger partial charge on any atom is 0.230 e. The molecule has 0 amide bonds. The highest BCUT2D eigenvalue weighted by Crippen LogP contribution is 2.38. The molecule has 1 aliphatic heterocycles. The molecule has 0 N–H and O–H groups in total. The molecular formula is C21H30N2O4. The van der Waals surface area contributed by atoms with Crippen molar-refractivity contribution >= 4 is 0 Å². The smallest absolute Gasteiger partial charge is 0.230 e. The molecule has 6 nitrogen and oxygen atoms in total.